The molecule has 2 N–H and O–H groups in total. The number of hydrogen-bond donors (Lipinski definition) is 1. The molecule has 4 aromatic rings. The van der Waals surface area contributed by atoms with Crippen LogP contribution in [0, 0.1) is 11.6 Å². The van der Waals surface area contributed by atoms with E-state index in [1.54, 1.807) is 31.6 Å². The van der Waals surface area contributed by atoms with Crippen molar-refractivity contribution < 1.29 is 17.2 Å². The van der Waals surface area contributed by atoms with Gasteiger partial charge in [0, 0.05) is 61.5 Å². The van der Waals surface area contributed by atoms with Crippen molar-refractivity contribution in [3.8, 4) is 16.8 Å². The second-order valence-electron chi connectivity index (χ2n) is 10.1. The molecule has 13 heteroatoms. The molecule has 1 aromatic carbocycles. The highest BCUT2D eigenvalue weighted by Crippen LogP contribution is 2.37. The van der Waals surface area contributed by atoms with E-state index in [9.17, 15) is 8.42 Å². The molecule has 0 amide bonds. The first kappa shape index (κ1) is 30.8. The first-order valence-corrected chi connectivity index (χ1v) is 15.0. The highest BCUT2D eigenvalue weighted by Gasteiger charge is 2.29. The molecule has 1 unspecified atom stereocenters. The number of piperidine rings is 1. The summed E-state index contributed by atoms with van der Waals surface area (Å²) in [5, 5.41) is 4.07. The number of hydrogen-bond acceptors (Lipinski definition) is 7. The molecule has 0 spiro atoms. The molecule has 4 heterocycles. The zero-order valence-corrected chi connectivity index (χ0v) is 24.8. The SMILES string of the molecule is CCC(c1ccc(F)c(-n2cc(-c3cncnc3)c3nc(N(C)C4CCN(CC)CC4)ccc32)c1F)S(N)(=O)=O.Cl. The maximum Gasteiger partial charge on any atom is 0.216 e. The molecule has 0 bridgehead atoms. The minimum atomic E-state index is -4.12. The second kappa shape index (κ2) is 12.4. The lowest BCUT2D eigenvalue weighted by Gasteiger charge is -2.36. The number of halogens is 3. The highest BCUT2D eigenvalue weighted by molar-refractivity contribution is 7.89. The van der Waals surface area contributed by atoms with E-state index < -0.39 is 32.6 Å². The summed E-state index contributed by atoms with van der Waals surface area (Å²) in [4.78, 5) is 17.8. The van der Waals surface area contributed by atoms with Gasteiger partial charge in [-0.3, -0.25) is 0 Å². The maximum absolute atomic E-state index is 16.0. The Balaban J connectivity index is 0.00000387. The van der Waals surface area contributed by atoms with E-state index in [4.69, 9.17) is 10.1 Å². The quantitative estimate of drug-likeness (QED) is 0.306. The lowest BCUT2D eigenvalue weighted by Crippen LogP contribution is -2.43. The minimum absolute atomic E-state index is 0. The van der Waals surface area contributed by atoms with Gasteiger partial charge < -0.3 is 14.4 Å². The second-order valence-corrected chi connectivity index (χ2v) is 11.9. The number of pyridine rings is 1. The van der Waals surface area contributed by atoms with Crippen molar-refractivity contribution in [1.82, 2.24) is 24.4 Å². The van der Waals surface area contributed by atoms with Gasteiger partial charge in [-0.1, -0.05) is 19.9 Å². The van der Waals surface area contributed by atoms with Gasteiger partial charge >= 0.3 is 0 Å². The molecular formula is C28H34ClF2N7O2S. The molecule has 9 nitrogen and oxygen atoms in total. The predicted molar refractivity (Wildman–Crippen MR) is 159 cm³/mol. The summed E-state index contributed by atoms with van der Waals surface area (Å²) in [5.74, 6) is -1.09. The number of nitrogens with zero attached hydrogens (tertiary/aromatic N) is 6. The number of aromatic nitrogens is 4. The van der Waals surface area contributed by atoms with Crippen molar-refractivity contribution in [3.63, 3.8) is 0 Å². The number of benzene rings is 1. The number of fused-ring (bicyclic) bond motifs is 1. The summed E-state index contributed by atoms with van der Waals surface area (Å²) in [6.45, 7) is 6.81. The molecule has 0 saturated carbocycles. The van der Waals surface area contributed by atoms with Gasteiger partial charge in [-0.2, -0.15) is 0 Å². The molecule has 3 aromatic heterocycles. The molecule has 1 saturated heterocycles. The smallest absolute Gasteiger partial charge is 0.216 e. The average molecular weight is 606 g/mol. The first-order valence-electron chi connectivity index (χ1n) is 13.4. The van der Waals surface area contributed by atoms with Gasteiger partial charge in [-0.25, -0.2) is 37.3 Å². The van der Waals surface area contributed by atoms with Crippen LogP contribution >= 0.6 is 12.4 Å². The lowest BCUT2D eigenvalue weighted by atomic mass is 10.0. The Morgan fingerprint density at radius 3 is 2.39 bits per heavy atom. The summed E-state index contributed by atoms with van der Waals surface area (Å²) in [6, 6.07) is 6.14. The topological polar surface area (TPSA) is 110 Å². The van der Waals surface area contributed by atoms with Crippen molar-refractivity contribution in [2.24, 2.45) is 5.14 Å². The molecule has 5 rings (SSSR count). The van der Waals surface area contributed by atoms with Crippen LogP contribution in [0.15, 0.2) is 49.2 Å². The standard InChI is InChI=1S/C28H33F2N7O2S.ClH/c1-4-24(40(31,38)39)20-6-7-22(29)28(26(20)30)37-16-21(18-14-32-17-33-15-18)27-23(37)8-9-25(34-27)35(3)19-10-12-36(5-2)13-11-19;/h6-9,14-17,19,24H,4-5,10-13H2,1-3H3,(H2,31,38,39);1H. The fraction of sp³-hybridized carbons (Fsp3) is 0.393. The Labute approximate surface area is 244 Å². The van der Waals surface area contributed by atoms with Gasteiger partial charge in [-0.15, -0.1) is 12.4 Å². The van der Waals surface area contributed by atoms with Crippen LogP contribution in [-0.2, 0) is 10.0 Å². The van der Waals surface area contributed by atoms with E-state index in [2.05, 4.69) is 26.7 Å². The van der Waals surface area contributed by atoms with Crippen LogP contribution in [0.4, 0.5) is 14.6 Å². The summed E-state index contributed by atoms with van der Waals surface area (Å²) < 4.78 is 57.1. The van der Waals surface area contributed by atoms with E-state index in [-0.39, 0.29) is 24.4 Å². The van der Waals surface area contributed by atoms with Crippen molar-refractivity contribution in [2.75, 3.05) is 31.6 Å². The number of anilines is 1. The summed E-state index contributed by atoms with van der Waals surface area (Å²) in [5.41, 5.74) is 1.61. The number of nitrogens with two attached hydrogens (primary N) is 1. The van der Waals surface area contributed by atoms with Crippen LogP contribution in [0.1, 0.15) is 43.9 Å². The van der Waals surface area contributed by atoms with Gasteiger partial charge in [0.1, 0.15) is 28.9 Å². The Bertz CT molecular complexity index is 1630. The average Bonchev–Trinajstić information content (AvgIpc) is 3.32. The third-order valence-electron chi connectivity index (χ3n) is 7.87. The lowest BCUT2D eigenvalue weighted by molar-refractivity contribution is 0.220. The van der Waals surface area contributed by atoms with Crippen LogP contribution in [0.5, 0.6) is 0 Å². The molecule has 220 valence electrons. The van der Waals surface area contributed by atoms with E-state index in [0.717, 1.165) is 50.4 Å². The normalized spacial score (nSPS) is 15.6. The van der Waals surface area contributed by atoms with Gasteiger partial charge in [0.15, 0.2) is 5.82 Å². The van der Waals surface area contributed by atoms with E-state index >= 15 is 8.78 Å². The molecule has 1 fully saturated rings. The minimum Gasteiger partial charge on any atom is -0.357 e. The fourth-order valence-electron chi connectivity index (χ4n) is 5.59. The number of primary sulfonamides is 1. The monoisotopic (exact) mass is 605 g/mol. The van der Waals surface area contributed by atoms with Crippen LogP contribution in [-0.4, -0.2) is 65.6 Å². The molecule has 41 heavy (non-hydrogen) atoms. The fourth-order valence-corrected chi connectivity index (χ4v) is 6.59. The largest absolute Gasteiger partial charge is 0.357 e. The molecule has 1 aliphatic rings. The third-order valence-corrected chi connectivity index (χ3v) is 9.25. The number of sulfonamides is 1. The zero-order valence-electron chi connectivity index (χ0n) is 23.2. The van der Waals surface area contributed by atoms with E-state index in [1.165, 1.54) is 10.9 Å². The van der Waals surface area contributed by atoms with Crippen molar-refractivity contribution in [3.05, 3.63) is 66.4 Å². The van der Waals surface area contributed by atoms with Crippen molar-refractivity contribution >= 4 is 39.3 Å². The van der Waals surface area contributed by atoms with Crippen molar-refractivity contribution in [1.29, 1.82) is 0 Å². The molecule has 0 radical (unpaired) electrons. The zero-order chi connectivity index (χ0) is 28.6. The predicted octanol–water partition coefficient (Wildman–Crippen LogP) is 4.84. The summed E-state index contributed by atoms with van der Waals surface area (Å²) in [6.07, 6.45) is 8.27. The highest BCUT2D eigenvalue weighted by atomic mass is 35.5. The molecule has 1 aliphatic heterocycles. The van der Waals surface area contributed by atoms with Crippen molar-refractivity contribution in [2.45, 2.75) is 44.4 Å². The Morgan fingerprint density at radius 1 is 1.10 bits per heavy atom. The Kier molecular flexibility index (Phi) is 9.27. The van der Waals surface area contributed by atoms with Crippen LogP contribution in [0.3, 0.4) is 0 Å². The van der Waals surface area contributed by atoms with Gasteiger partial charge in [0.25, 0.3) is 0 Å². The van der Waals surface area contributed by atoms with Gasteiger partial charge in [-0.05, 0) is 44.0 Å². The molecule has 0 aliphatic carbocycles. The van der Waals surface area contributed by atoms with Crippen LogP contribution in [0.2, 0.25) is 0 Å². The summed E-state index contributed by atoms with van der Waals surface area (Å²) >= 11 is 0. The van der Waals surface area contributed by atoms with Crippen LogP contribution < -0.4 is 10.0 Å². The van der Waals surface area contributed by atoms with Gasteiger partial charge in [0.2, 0.25) is 10.0 Å². The maximum atomic E-state index is 16.0. The summed E-state index contributed by atoms with van der Waals surface area (Å²) in [7, 11) is -2.11. The number of rotatable bonds is 8. The van der Waals surface area contributed by atoms with E-state index in [0.29, 0.717) is 28.2 Å². The van der Waals surface area contributed by atoms with Gasteiger partial charge in [0.05, 0.1) is 11.0 Å². The Morgan fingerprint density at radius 2 is 1.78 bits per heavy atom. The first-order chi connectivity index (χ1) is 19.1. The van der Waals surface area contributed by atoms with Crippen LogP contribution in [0.25, 0.3) is 27.8 Å². The number of likely N-dealkylation sites (tertiary alicyclic amines) is 1. The Hall–Kier alpha value is -3.19. The molecular weight excluding hydrogens is 572 g/mol. The molecule has 1 atom stereocenters. The van der Waals surface area contributed by atoms with E-state index in [1.807, 2.05) is 13.1 Å². The third kappa shape index (κ3) is 5.92.